The van der Waals surface area contributed by atoms with Gasteiger partial charge in [-0.3, -0.25) is 0 Å². The predicted octanol–water partition coefficient (Wildman–Crippen LogP) is 7.03. The van der Waals surface area contributed by atoms with Crippen LogP contribution in [-0.2, 0) is 10.3 Å². The monoisotopic (exact) mass is 447 g/mol. The van der Waals surface area contributed by atoms with Crippen molar-refractivity contribution in [3.63, 3.8) is 0 Å². The van der Waals surface area contributed by atoms with Crippen LogP contribution in [0.5, 0.6) is 11.5 Å². The average Bonchev–Trinajstić information content (AvgIpc) is 3.14. The number of anilines is 2. The van der Waals surface area contributed by atoms with E-state index < -0.39 is 5.60 Å². The standard InChI is InChI=1S/C30H25NO3/c1-4-31(21-12-9-19(2)10-13-21)22-14-15-25-28(18-22)33-27-16-11-20(3)17-26(27)30(25)24-8-6-5-7-23(24)29(32)34-30/h5-18H,4H2,1-3H3. The number of aryl methyl sites for hydroxylation is 2. The lowest BCUT2D eigenvalue weighted by Crippen LogP contribution is -2.33. The molecule has 0 saturated carbocycles. The first kappa shape index (κ1) is 20.5. The summed E-state index contributed by atoms with van der Waals surface area (Å²) in [5.41, 5.74) is 6.58. The first-order chi connectivity index (χ1) is 16.5. The Balaban J connectivity index is 1.56. The van der Waals surface area contributed by atoms with Crippen LogP contribution in [0.4, 0.5) is 11.4 Å². The van der Waals surface area contributed by atoms with Gasteiger partial charge in [0, 0.05) is 40.7 Å². The zero-order chi connectivity index (χ0) is 23.4. The summed E-state index contributed by atoms with van der Waals surface area (Å²) in [6.07, 6.45) is 0. The summed E-state index contributed by atoms with van der Waals surface area (Å²) in [7, 11) is 0. The third-order valence-electron chi connectivity index (χ3n) is 6.82. The van der Waals surface area contributed by atoms with Crippen molar-refractivity contribution in [3.8, 4) is 11.5 Å². The van der Waals surface area contributed by atoms with Gasteiger partial charge in [0.2, 0.25) is 0 Å². The fourth-order valence-electron chi connectivity index (χ4n) is 5.18. The minimum Gasteiger partial charge on any atom is -0.456 e. The van der Waals surface area contributed by atoms with E-state index in [1.165, 1.54) is 5.56 Å². The van der Waals surface area contributed by atoms with Gasteiger partial charge in [0.1, 0.15) is 11.5 Å². The van der Waals surface area contributed by atoms with Crippen LogP contribution < -0.4 is 9.64 Å². The highest BCUT2D eigenvalue weighted by molar-refractivity contribution is 5.97. The molecule has 2 aliphatic rings. The third kappa shape index (κ3) is 2.88. The van der Waals surface area contributed by atoms with Crippen LogP contribution >= 0.6 is 0 Å². The van der Waals surface area contributed by atoms with Gasteiger partial charge < -0.3 is 14.4 Å². The van der Waals surface area contributed by atoms with E-state index in [1.807, 2.05) is 49.4 Å². The number of benzene rings is 4. The SMILES string of the molecule is CCN(c1ccc(C)cc1)c1ccc2c(c1)Oc1ccc(C)cc1C21OC(=O)c2ccccc21. The largest absolute Gasteiger partial charge is 0.456 e. The summed E-state index contributed by atoms with van der Waals surface area (Å²) in [4.78, 5) is 15.3. The van der Waals surface area contributed by atoms with E-state index in [0.29, 0.717) is 17.1 Å². The topological polar surface area (TPSA) is 38.8 Å². The van der Waals surface area contributed by atoms with Gasteiger partial charge in [0.15, 0.2) is 5.60 Å². The van der Waals surface area contributed by atoms with Crippen LogP contribution in [0.15, 0.2) is 84.9 Å². The molecule has 2 heterocycles. The molecule has 4 nitrogen and oxygen atoms in total. The van der Waals surface area contributed by atoms with E-state index in [4.69, 9.17) is 9.47 Å². The van der Waals surface area contributed by atoms with E-state index in [2.05, 4.69) is 61.2 Å². The van der Waals surface area contributed by atoms with Crippen LogP contribution in [0.1, 0.15) is 45.1 Å². The molecule has 0 aromatic heterocycles. The fraction of sp³-hybridized carbons (Fsp3) is 0.167. The van der Waals surface area contributed by atoms with Gasteiger partial charge in [0.25, 0.3) is 0 Å². The second kappa shape index (κ2) is 7.49. The molecule has 1 spiro atoms. The van der Waals surface area contributed by atoms with Crippen molar-refractivity contribution in [2.75, 3.05) is 11.4 Å². The first-order valence-corrected chi connectivity index (χ1v) is 11.6. The highest BCUT2D eigenvalue weighted by Crippen LogP contribution is 2.56. The number of esters is 1. The predicted molar refractivity (Wildman–Crippen MR) is 133 cm³/mol. The summed E-state index contributed by atoms with van der Waals surface area (Å²) < 4.78 is 12.7. The zero-order valence-corrected chi connectivity index (χ0v) is 19.5. The number of carbonyl (C=O) groups is 1. The Bertz CT molecular complexity index is 1440. The Labute approximate surface area is 199 Å². The molecule has 4 aromatic carbocycles. The summed E-state index contributed by atoms with van der Waals surface area (Å²) >= 11 is 0. The normalized spacial score (nSPS) is 17.4. The molecule has 6 rings (SSSR count). The van der Waals surface area contributed by atoms with Gasteiger partial charge >= 0.3 is 5.97 Å². The lowest BCUT2D eigenvalue weighted by molar-refractivity contribution is 0.0224. The molecule has 0 bridgehead atoms. The van der Waals surface area contributed by atoms with E-state index in [-0.39, 0.29) is 5.97 Å². The van der Waals surface area contributed by atoms with Crippen molar-refractivity contribution in [2.24, 2.45) is 0 Å². The van der Waals surface area contributed by atoms with Gasteiger partial charge in [-0.25, -0.2) is 4.79 Å². The lowest BCUT2D eigenvalue weighted by atomic mass is 9.77. The van der Waals surface area contributed by atoms with E-state index in [9.17, 15) is 4.79 Å². The Morgan fingerprint density at radius 2 is 1.47 bits per heavy atom. The number of ether oxygens (including phenoxy) is 2. The van der Waals surface area contributed by atoms with Crippen LogP contribution in [0, 0.1) is 13.8 Å². The minimum absolute atomic E-state index is 0.310. The maximum atomic E-state index is 13.0. The van der Waals surface area contributed by atoms with Crippen molar-refractivity contribution in [2.45, 2.75) is 26.4 Å². The van der Waals surface area contributed by atoms with E-state index in [0.717, 1.165) is 40.2 Å². The number of hydrogen-bond donors (Lipinski definition) is 0. The smallest absolute Gasteiger partial charge is 0.340 e. The van der Waals surface area contributed by atoms with Crippen LogP contribution in [0.3, 0.4) is 0 Å². The van der Waals surface area contributed by atoms with Gasteiger partial charge in [-0.2, -0.15) is 0 Å². The molecule has 0 aliphatic carbocycles. The summed E-state index contributed by atoms with van der Waals surface area (Å²) in [5.74, 6) is 1.09. The van der Waals surface area contributed by atoms with Crippen LogP contribution in [0.2, 0.25) is 0 Å². The molecule has 0 saturated heterocycles. The molecular weight excluding hydrogens is 422 g/mol. The minimum atomic E-state index is -1.03. The van der Waals surface area contributed by atoms with Gasteiger partial charge in [-0.05, 0) is 63.2 Å². The summed E-state index contributed by atoms with van der Waals surface area (Å²) in [5, 5.41) is 0. The molecule has 1 atom stereocenters. The molecular formula is C30H25NO3. The number of rotatable bonds is 3. The van der Waals surface area contributed by atoms with E-state index >= 15 is 0 Å². The summed E-state index contributed by atoms with van der Waals surface area (Å²) in [6, 6.07) is 28.4. The highest BCUT2D eigenvalue weighted by atomic mass is 16.6. The van der Waals surface area contributed by atoms with Crippen molar-refractivity contribution in [1.29, 1.82) is 0 Å². The number of carbonyl (C=O) groups excluding carboxylic acids is 1. The number of fused-ring (bicyclic) bond motifs is 6. The molecule has 168 valence electrons. The second-order valence-corrected chi connectivity index (χ2v) is 8.98. The Kier molecular flexibility index (Phi) is 4.53. The van der Waals surface area contributed by atoms with Crippen LogP contribution in [0.25, 0.3) is 0 Å². The molecule has 1 unspecified atom stereocenters. The Hall–Kier alpha value is -4.05. The maximum absolute atomic E-state index is 13.0. The zero-order valence-electron chi connectivity index (χ0n) is 19.5. The number of nitrogens with zero attached hydrogens (tertiary/aromatic N) is 1. The first-order valence-electron chi connectivity index (χ1n) is 11.6. The molecule has 0 radical (unpaired) electrons. The molecule has 0 fully saturated rings. The quantitative estimate of drug-likeness (QED) is 0.316. The van der Waals surface area contributed by atoms with Gasteiger partial charge in [-0.15, -0.1) is 0 Å². The Morgan fingerprint density at radius 3 is 2.26 bits per heavy atom. The maximum Gasteiger partial charge on any atom is 0.340 e. The third-order valence-corrected chi connectivity index (χ3v) is 6.82. The molecule has 0 amide bonds. The van der Waals surface area contributed by atoms with Crippen molar-refractivity contribution >= 4 is 17.3 Å². The summed E-state index contributed by atoms with van der Waals surface area (Å²) in [6.45, 7) is 7.07. The number of hydrogen-bond acceptors (Lipinski definition) is 4. The molecule has 4 heteroatoms. The highest BCUT2D eigenvalue weighted by Gasteiger charge is 2.53. The molecule has 34 heavy (non-hydrogen) atoms. The fourth-order valence-corrected chi connectivity index (χ4v) is 5.18. The molecule has 4 aromatic rings. The van der Waals surface area contributed by atoms with Gasteiger partial charge in [0.05, 0.1) is 5.56 Å². The Morgan fingerprint density at radius 1 is 0.735 bits per heavy atom. The molecule has 2 aliphatic heterocycles. The molecule has 0 N–H and O–H groups in total. The lowest BCUT2D eigenvalue weighted by Gasteiger charge is -2.37. The van der Waals surface area contributed by atoms with Gasteiger partial charge in [-0.1, -0.05) is 47.5 Å². The van der Waals surface area contributed by atoms with Crippen molar-refractivity contribution in [3.05, 3.63) is 118 Å². The van der Waals surface area contributed by atoms with Crippen LogP contribution in [-0.4, -0.2) is 12.5 Å². The average molecular weight is 448 g/mol. The van der Waals surface area contributed by atoms with E-state index in [1.54, 1.807) is 0 Å². The van der Waals surface area contributed by atoms with Crippen molar-refractivity contribution in [1.82, 2.24) is 0 Å². The van der Waals surface area contributed by atoms with Crippen molar-refractivity contribution < 1.29 is 14.3 Å². The second-order valence-electron chi connectivity index (χ2n) is 8.98.